The van der Waals surface area contributed by atoms with E-state index in [0.717, 1.165) is 0 Å². The summed E-state index contributed by atoms with van der Waals surface area (Å²) >= 11 is 0. The molecule has 29 heavy (non-hydrogen) atoms. The van der Waals surface area contributed by atoms with Gasteiger partial charge in [-0.3, -0.25) is 0 Å². The molecular weight excluding hydrogens is 350 g/mol. The number of piperidine rings is 1. The van der Waals surface area contributed by atoms with Gasteiger partial charge in [0.2, 0.25) is 0 Å². The molecular formula is C28H50N+. The van der Waals surface area contributed by atoms with Crippen LogP contribution >= 0.6 is 0 Å². The number of rotatable bonds is 17. The molecule has 0 amide bonds. The van der Waals surface area contributed by atoms with Crippen LogP contribution in [0, 0.1) is 0 Å². The van der Waals surface area contributed by atoms with E-state index < -0.39 is 0 Å². The highest BCUT2D eigenvalue weighted by Gasteiger charge is 2.29. The molecule has 1 nitrogen and oxygen atoms in total. The van der Waals surface area contributed by atoms with Crippen molar-refractivity contribution in [1.29, 1.82) is 0 Å². The van der Waals surface area contributed by atoms with Crippen molar-refractivity contribution in [1.82, 2.24) is 0 Å². The minimum absolute atomic E-state index is 1.26. The van der Waals surface area contributed by atoms with Crippen molar-refractivity contribution in [2.45, 2.75) is 123 Å². The van der Waals surface area contributed by atoms with Crippen molar-refractivity contribution in [2.75, 3.05) is 19.6 Å². The maximum atomic E-state index is 2.33. The lowest BCUT2D eigenvalue weighted by Crippen LogP contribution is -2.51. The van der Waals surface area contributed by atoms with E-state index in [-0.39, 0.29) is 0 Å². The van der Waals surface area contributed by atoms with Crippen molar-refractivity contribution >= 4 is 0 Å². The van der Waals surface area contributed by atoms with E-state index in [1.54, 1.807) is 5.56 Å². The largest absolute Gasteiger partial charge is 0.320 e. The molecule has 166 valence electrons. The van der Waals surface area contributed by atoms with Crippen molar-refractivity contribution < 1.29 is 4.48 Å². The van der Waals surface area contributed by atoms with E-state index in [1.807, 2.05) is 0 Å². The van der Waals surface area contributed by atoms with Crippen molar-refractivity contribution in [3.63, 3.8) is 0 Å². The van der Waals surface area contributed by atoms with Crippen LogP contribution in [0.1, 0.15) is 122 Å². The van der Waals surface area contributed by atoms with Gasteiger partial charge in [-0.05, 0) is 32.1 Å². The predicted molar refractivity (Wildman–Crippen MR) is 129 cm³/mol. The van der Waals surface area contributed by atoms with Crippen LogP contribution in [0.15, 0.2) is 30.3 Å². The minimum Gasteiger partial charge on any atom is -0.320 e. The van der Waals surface area contributed by atoms with Gasteiger partial charge >= 0.3 is 0 Å². The van der Waals surface area contributed by atoms with Crippen LogP contribution in [0.5, 0.6) is 0 Å². The second-order valence-electron chi connectivity index (χ2n) is 9.81. The van der Waals surface area contributed by atoms with Gasteiger partial charge in [-0.25, -0.2) is 0 Å². The van der Waals surface area contributed by atoms with E-state index in [2.05, 4.69) is 37.3 Å². The van der Waals surface area contributed by atoms with Crippen molar-refractivity contribution in [2.24, 2.45) is 0 Å². The van der Waals surface area contributed by atoms with Crippen molar-refractivity contribution in [3.05, 3.63) is 35.9 Å². The highest BCUT2D eigenvalue weighted by molar-refractivity contribution is 5.13. The van der Waals surface area contributed by atoms with Crippen LogP contribution in [-0.4, -0.2) is 24.1 Å². The number of likely N-dealkylation sites (tertiary alicyclic amines) is 1. The molecule has 0 atom stereocenters. The van der Waals surface area contributed by atoms with E-state index in [9.17, 15) is 0 Å². The lowest BCUT2D eigenvalue weighted by molar-refractivity contribution is -0.945. The first-order valence-corrected chi connectivity index (χ1v) is 13.2. The summed E-state index contributed by atoms with van der Waals surface area (Å²) in [7, 11) is 0. The van der Waals surface area contributed by atoms with E-state index in [0.29, 0.717) is 0 Å². The molecule has 0 spiro atoms. The summed E-state index contributed by atoms with van der Waals surface area (Å²) in [5.74, 6) is 0. The fourth-order valence-electron chi connectivity index (χ4n) is 5.26. The van der Waals surface area contributed by atoms with Crippen LogP contribution in [0.4, 0.5) is 0 Å². The van der Waals surface area contributed by atoms with Crippen LogP contribution in [-0.2, 0) is 6.54 Å². The monoisotopic (exact) mass is 400 g/mol. The summed E-state index contributed by atoms with van der Waals surface area (Å²) in [4.78, 5) is 0. The van der Waals surface area contributed by atoms with Gasteiger partial charge in [-0.15, -0.1) is 0 Å². The SMILES string of the molecule is CCCCCCCCCCCCCCCC[N+]1(Cc2ccccc2)CCCCC1. The normalized spacial score (nSPS) is 16.2. The summed E-state index contributed by atoms with van der Waals surface area (Å²) in [5, 5.41) is 0. The Morgan fingerprint density at radius 1 is 0.586 bits per heavy atom. The average Bonchev–Trinajstić information content (AvgIpc) is 2.75. The van der Waals surface area contributed by atoms with Gasteiger partial charge in [-0.2, -0.15) is 0 Å². The van der Waals surface area contributed by atoms with Gasteiger partial charge < -0.3 is 4.48 Å². The van der Waals surface area contributed by atoms with Gasteiger partial charge in [0.25, 0.3) is 0 Å². The third-order valence-corrected chi connectivity index (χ3v) is 7.11. The highest BCUT2D eigenvalue weighted by atomic mass is 15.4. The number of hydrogen-bond donors (Lipinski definition) is 0. The molecule has 0 unspecified atom stereocenters. The molecule has 0 aliphatic carbocycles. The Kier molecular flexibility index (Phi) is 13.4. The first kappa shape index (κ1) is 24.4. The number of hydrogen-bond acceptors (Lipinski definition) is 0. The molecule has 0 aromatic heterocycles. The average molecular weight is 401 g/mol. The van der Waals surface area contributed by atoms with Gasteiger partial charge in [0.15, 0.2) is 0 Å². The summed E-state index contributed by atoms with van der Waals surface area (Å²) < 4.78 is 1.36. The van der Waals surface area contributed by atoms with Gasteiger partial charge in [0, 0.05) is 5.56 Å². The summed E-state index contributed by atoms with van der Waals surface area (Å²) in [5.41, 5.74) is 1.54. The molecule has 1 fully saturated rings. The van der Waals surface area contributed by atoms with Gasteiger partial charge in [0.1, 0.15) is 6.54 Å². The van der Waals surface area contributed by atoms with Crippen LogP contribution in [0.25, 0.3) is 0 Å². The Labute approximate surface area is 182 Å². The lowest BCUT2D eigenvalue weighted by atomic mass is 10.0. The topological polar surface area (TPSA) is 0 Å². The number of nitrogens with zero attached hydrogens (tertiary/aromatic N) is 1. The summed E-state index contributed by atoms with van der Waals surface area (Å²) in [6, 6.07) is 11.2. The molecule has 1 heteroatoms. The maximum Gasteiger partial charge on any atom is 0.104 e. The Hall–Kier alpha value is -0.820. The number of unbranched alkanes of at least 4 members (excludes halogenated alkanes) is 13. The standard InChI is InChI=1S/C28H50N/c1-2-3-4-5-6-7-8-9-10-11-12-13-14-19-24-29(25-20-16-21-26-29)27-28-22-17-15-18-23-28/h15,17-18,22-23H,2-14,16,19-21,24-27H2,1H3/q+1. The van der Waals surface area contributed by atoms with Crippen LogP contribution in [0.3, 0.4) is 0 Å². The lowest BCUT2D eigenvalue weighted by Gasteiger charge is -2.42. The van der Waals surface area contributed by atoms with Gasteiger partial charge in [-0.1, -0.05) is 114 Å². The zero-order chi connectivity index (χ0) is 20.5. The zero-order valence-electron chi connectivity index (χ0n) is 19.7. The fourth-order valence-corrected chi connectivity index (χ4v) is 5.26. The van der Waals surface area contributed by atoms with E-state index in [4.69, 9.17) is 0 Å². The molecule has 0 bridgehead atoms. The molecule has 1 aromatic carbocycles. The smallest absolute Gasteiger partial charge is 0.104 e. The first-order chi connectivity index (χ1) is 14.3. The van der Waals surface area contributed by atoms with Crippen LogP contribution in [0.2, 0.25) is 0 Å². The third-order valence-electron chi connectivity index (χ3n) is 7.11. The first-order valence-electron chi connectivity index (χ1n) is 13.2. The summed E-state index contributed by atoms with van der Waals surface area (Å²) in [6.07, 6.45) is 24.7. The predicted octanol–water partition coefficient (Wildman–Crippen LogP) is 8.67. The molecule has 1 heterocycles. The Morgan fingerprint density at radius 2 is 1.07 bits per heavy atom. The highest BCUT2D eigenvalue weighted by Crippen LogP contribution is 2.24. The number of benzene rings is 1. The minimum atomic E-state index is 1.26. The van der Waals surface area contributed by atoms with E-state index >= 15 is 0 Å². The quantitative estimate of drug-likeness (QED) is 0.181. The molecule has 1 saturated heterocycles. The fraction of sp³-hybridized carbons (Fsp3) is 0.786. The molecule has 1 aromatic rings. The maximum absolute atomic E-state index is 2.33. The second kappa shape index (κ2) is 15.9. The second-order valence-corrected chi connectivity index (χ2v) is 9.81. The molecule has 2 rings (SSSR count). The van der Waals surface area contributed by atoms with Crippen LogP contribution < -0.4 is 0 Å². The Bertz CT molecular complexity index is 474. The summed E-state index contributed by atoms with van der Waals surface area (Å²) in [6.45, 7) is 7.80. The molecule has 0 radical (unpaired) electrons. The zero-order valence-corrected chi connectivity index (χ0v) is 19.7. The Morgan fingerprint density at radius 3 is 1.59 bits per heavy atom. The molecule has 0 N–H and O–H groups in total. The Balaban J connectivity index is 1.48. The molecule has 1 aliphatic rings. The van der Waals surface area contributed by atoms with E-state index in [1.165, 1.54) is 140 Å². The third kappa shape index (κ3) is 11.2. The number of quaternary nitrogens is 1. The van der Waals surface area contributed by atoms with Gasteiger partial charge in [0.05, 0.1) is 19.6 Å². The molecule has 0 saturated carbocycles. The molecule has 1 aliphatic heterocycles. The van der Waals surface area contributed by atoms with Crippen molar-refractivity contribution in [3.8, 4) is 0 Å².